The number of aliphatic hydroxyl groups excluding tert-OH is 1. The Labute approximate surface area is 89.1 Å². The van der Waals surface area contributed by atoms with E-state index < -0.39 is 14.8 Å². The maximum Gasteiger partial charge on any atom is 0.258 e. The summed E-state index contributed by atoms with van der Waals surface area (Å²) in [7, 11) is -3.44. The molecule has 1 N–H and O–H groups in total. The molecule has 0 radical (unpaired) electrons. The van der Waals surface area contributed by atoms with Crippen molar-refractivity contribution in [1.82, 2.24) is 4.31 Å². The van der Waals surface area contributed by atoms with Gasteiger partial charge in [-0.2, -0.15) is 0 Å². The second-order valence-corrected chi connectivity index (χ2v) is 7.25. The molecule has 5 nitrogen and oxygen atoms in total. The molecule has 1 saturated carbocycles. The van der Waals surface area contributed by atoms with E-state index in [-0.39, 0.29) is 24.5 Å². The van der Waals surface area contributed by atoms with Crippen molar-refractivity contribution >= 4 is 15.9 Å². The number of carbonyl (C=O) groups is 1. The zero-order valence-corrected chi connectivity index (χ0v) is 9.62. The SMILES string of the molecule is CC1(C)C(=O)N(CC2CC(O)C2)S1(=O)=O. The number of hydrogen-bond donors (Lipinski definition) is 1. The molecule has 0 atom stereocenters. The number of nitrogens with zero attached hydrogens (tertiary/aromatic N) is 1. The summed E-state index contributed by atoms with van der Waals surface area (Å²) >= 11 is 0. The normalized spacial score (nSPS) is 37.0. The van der Waals surface area contributed by atoms with Crippen molar-refractivity contribution in [3.8, 4) is 0 Å². The van der Waals surface area contributed by atoms with Crippen molar-refractivity contribution in [1.29, 1.82) is 0 Å². The standard InChI is InChI=1S/C9H15NO4S/c1-9(2)8(12)10(15(9,13)14)5-6-3-7(11)4-6/h6-7,11H,3-5H2,1-2H3. The average Bonchev–Trinajstić information content (AvgIpc) is 2.08. The molecule has 0 bridgehead atoms. The summed E-state index contributed by atoms with van der Waals surface area (Å²) in [4.78, 5) is 11.5. The number of hydrogen-bond acceptors (Lipinski definition) is 4. The third-order valence-corrected chi connectivity index (χ3v) is 5.67. The van der Waals surface area contributed by atoms with Gasteiger partial charge in [0.1, 0.15) is 0 Å². The van der Waals surface area contributed by atoms with Gasteiger partial charge in [0.15, 0.2) is 4.75 Å². The molecule has 1 heterocycles. The molecule has 0 aromatic heterocycles. The minimum absolute atomic E-state index is 0.134. The van der Waals surface area contributed by atoms with Crippen LogP contribution < -0.4 is 0 Å². The lowest BCUT2D eigenvalue weighted by molar-refractivity contribution is -0.133. The average molecular weight is 233 g/mol. The predicted octanol–water partition coefficient (Wildman–Crippen LogP) is -0.292. The number of carbonyl (C=O) groups excluding carboxylic acids is 1. The minimum atomic E-state index is -3.44. The molecular formula is C9H15NO4S. The fourth-order valence-electron chi connectivity index (χ4n) is 2.02. The van der Waals surface area contributed by atoms with Gasteiger partial charge >= 0.3 is 0 Å². The first kappa shape index (κ1) is 10.9. The van der Waals surface area contributed by atoms with Crippen LogP contribution in [0, 0.1) is 5.92 Å². The van der Waals surface area contributed by atoms with Crippen molar-refractivity contribution < 1.29 is 18.3 Å². The molecule has 86 valence electrons. The third-order valence-electron chi connectivity index (χ3n) is 3.31. The van der Waals surface area contributed by atoms with Gasteiger partial charge in [0.25, 0.3) is 15.9 Å². The lowest BCUT2D eigenvalue weighted by atomic mass is 9.82. The van der Waals surface area contributed by atoms with E-state index in [1.807, 2.05) is 0 Å². The molecule has 2 aliphatic rings. The van der Waals surface area contributed by atoms with Crippen molar-refractivity contribution in [2.45, 2.75) is 37.5 Å². The first-order valence-corrected chi connectivity index (χ1v) is 6.45. The van der Waals surface area contributed by atoms with Crippen LogP contribution >= 0.6 is 0 Å². The fourth-order valence-corrected chi connectivity index (χ4v) is 3.62. The van der Waals surface area contributed by atoms with Crippen LogP contribution in [-0.2, 0) is 14.8 Å². The summed E-state index contributed by atoms with van der Waals surface area (Å²) in [5.74, 6) is -0.196. The van der Waals surface area contributed by atoms with Crippen LogP contribution in [0.25, 0.3) is 0 Å². The first-order valence-electron chi connectivity index (χ1n) is 5.01. The summed E-state index contributed by atoms with van der Waals surface area (Å²) in [6.07, 6.45) is 0.876. The zero-order valence-electron chi connectivity index (χ0n) is 8.80. The monoisotopic (exact) mass is 233 g/mol. The summed E-state index contributed by atoms with van der Waals surface area (Å²) in [6, 6.07) is 0. The van der Waals surface area contributed by atoms with Gasteiger partial charge in [-0.05, 0) is 32.6 Å². The van der Waals surface area contributed by atoms with Gasteiger partial charge in [-0.1, -0.05) is 0 Å². The van der Waals surface area contributed by atoms with E-state index in [9.17, 15) is 13.2 Å². The quantitative estimate of drug-likeness (QED) is 0.711. The van der Waals surface area contributed by atoms with Gasteiger partial charge in [-0.3, -0.25) is 4.79 Å². The van der Waals surface area contributed by atoms with Crippen LogP contribution in [0.3, 0.4) is 0 Å². The van der Waals surface area contributed by atoms with Crippen LogP contribution in [-0.4, -0.2) is 41.1 Å². The smallest absolute Gasteiger partial charge is 0.258 e. The molecule has 2 fully saturated rings. The van der Waals surface area contributed by atoms with Crippen molar-refractivity contribution in [2.24, 2.45) is 5.92 Å². The highest BCUT2D eigenvalue weighted by molar-refractivity contribution is 7.94. The molecule has 1 saturated heterocycles. The Bertz CT molecular complexity index is 394. The maximum absolute atomic E-state index is 11.7. The summed E-state index contributed by atoms with van der Waals surface area (Å²) in [5.41, 5.74) is 0. The predicted molar refractivity (Wildman–Crippen MR) is 53.4 cm³/mol. The molecule has 1 aliphatic carbocycles. The summed E-state index contributed by atoms with van der Waals surface area (Å²) in [5, 5.41) is 9.07. The molecule has 15 heavy (non-hydrogen) atoms. The molecule has 0 aromatic carbocycles. The Hall–Kier alpha value is -0.620. The zero-order chi connectivity index (χ0) is 11.4. The van der Waals surface area contributed by atoms with Crippen LogP contribution in [0.15, 0.2) is 0 Å². The van der Waals surface area contributed by atoms with E-state index in [0.717, 1.165) is 4.31 Å². The van der Waals surface area contributed by atoms with Crippen LogP contribution in [0.4, 0.5) is 0 Å². The minimum Gasteiger partial charge on any atom is -0.393 e. The first-order chi connectivity index (χ1) is 6.76. The third kappa shape index (κ3) is 1.31. The molecular weight excluding hydrogens is 218 g/mol. The second kappa shape index (κ2) is 2.95. The molecule has 0 spiro atoms. The van der Waals surface area contributed by atoms with Gasteiger partial charge in [0.05, 0.1) is 6.10 Å². The van der Waals surface area contributed by atoms with Crippen molar-refractivity contribution in [3.05, 3.63) is 0 Å². The second-order valence-electron chi connectivity index (χ2n) is 4.84. The molecule has 1 amide bonds. The summed E-state index contributed by atoms with van der Waals surface area (Å²) in [6.45, 7) is 3.09. The lowest BCUT2D eigenvalue weighted by Crippen LogP contribution is -2.68. The van der Waals surface area contributed by atoms with E-state index in [0.29, 0.717) is 12.8 Å². The van der Waals surface area contributed by atoms with E-state index in [2.05, 4.69) is 0 Å². The Morgan fingerprint density at radius 2 is 2.00 bits per heavy atom. The topological polar surface area (TPSA) is 74.7 Å². The lowest BCUT2D eigenvalue weighted by Gasteiger charge is -2.46. The molecule has 0 unspecified atom stereocenters. The van der Waals surface area contributed by atoms with Crippen molar-refractivity contribution in [2.75, 3.05) is 6.54 Å². The molecule has 0 aromatic rings. The Morgan fingerprint density at radius 1 is 1.47 bits per heavy atom. The Morgan fingerprint density at radius 3 is 2.40 bits per heavy atom. The van der Waals surface area contributed by atoms with Crippen LogP contribution in [0.5, 0.6) is 0 Å². The molecule has 2 rings (SSSR count). The highest BCUT2D eigenvalue weighted by Gasteiger charge is 2.60. The van der Waals surface area contributed by atoms with Gasteiger partial charge in [0, 0.05) is 6.54 Å². The number of amides is 1. The van der Waals surface area contributed by atoms with Crippen LogP contribution in [0.2, 0.25) is 0 Å². The number of sulfonamides is 1. The summed E-state index contributed by atoms with van der Waals surface area (Å²) < 4.78 is 23.1. The number of aliphatic hydroxyl groups is 1. The molecule has 6 heteroatoms. The van der Waals surface area contributed by atoms with E-state index in [4.69, 9.17) is 5.11 Å². The van der Waals surface area contributed by atoms with E-state index >= 15 is 0 Å². The highest BCUT2D eigenvalue weighted by atomic mass is 32.2. The Balaban J connectivity index is 2.04. The van der Waals surface area contributed by atoms with Crippen LogP contribution in [0.1, 0.15) is 26.7 Å². The Kier molecular flexibility index (Phi) is 2.14. The maximum atomic E-state index is 11.7. The van der Waals surface area contributed by atoms with Gasteiger partial charge in [-0.15, -0.1) is 0 Å². The van der Waals surface area contributed by atoms with E-state index in [1.54, 1.807) is 0 Å². The van der Waals surface area contributed by atoms with Crippen molar-refractivity contribution in [3.63, 3.8) is 0 Å². The van der Waals surface area contributed by atoms with Gasteiger partial charge in [0.2, 0.25) is 0 Å². The molecule has 1 aliphatic heterocycles. The number of rotatable bonds is 2. The fraction of sp³-hybridized carbons (Fsp3) is 0.889. The van der Waals surface area contributed by atoms with E-state index in [1.165, 1.54) is 13.8 Å². The van der Waals surface area contributed by atoms with Gasteiger partial charge in [-0.25, -0.2) is 12.7 Å². The highest BCUT2D eigenvalue weighted by Crippen LogP contribution is 2.38. The van der Waals surface area contributed by atoms with Gasteiger partial charge < -0.3 is 5.11 Å². The largest absolute Gasteiger partial charge is 0.393 e.